The average molecular weight is 246 g/mol. The molecule has 6 heteroatoms. The highest BCUT2D eigenvalue weighted by molar-refractivity contribution is 5.01. The number of nitrogens with zero attached hydrogens (tertiary/aromatic N) is 6. The molecule has 3 heterocycles. The summed E-state index contributed by atoms with van der Waals surface area (Å²) in [6, 6.07) is 0.523. The fourth-order valence-corrected chi connectivity index (χ4v) is 2.46. The van der Waals surface area contributed by atoms with Gasteiger partial charge in [0, 0.05) is 32.0 Å². The Morgan fingerprint density at radius 2 is 2.33 bits per heavy atom. The molecule has 1 atom stereocenters. The second-order valence-electron chi connectivity index (χ2n) is 4.91. The van der Waals surface area contributed by atoms with Crippen molar-refractivity contribution < 1.29 is 0 Å². The Bertz CT molecular complexity index is 488. The first-order chi connectivity index (χ1) is 8.81. The maximum atomic E-state index is 4.40. The lowest BCUT2D eigenvalue weighted by atomic mass is 10.3. The average Bonchev–Trinajstić information content (AvgIpc) is 3.07. The second kappa shape index (κ2) is 4.89. The minimum absolute atomic E-state index is 0.523. The molecule has 0 amide bonds. The zero-order valence-corrected chi connectivity index (χ0v) is 10.6. The van der Waals surface area contributed by atoms with E-state index in [0.717, 1.165) is 26.2 Å². The Hall–Kier alpha value is -1.69. The van der Waals surface area contributed by atoms with Gasteiger partial charge in [0.25, 0.3) is 0 Å². The van der Waals surface area contributed by atoms with Gasteiger partial charge in [-0.15, -0.1) is 5.10 Å². The molecule has 0 aromatic carbocycles. The zero-order valence-electron chi connectivity index (χ0n) is 10.6. The SMILES string of the molecule is Cc1cnn(C2CCN(CCn3ccnn3)C2)c1. The Morgan fingerprint density at radius 3 is 3.06 bits per heavy atom. The Balaban J connectivity index is 1.52. The lowest BCUT2D eigenvalue weighted by Gasteiger charge is -2.15. The quantitative estimate of drug-likeness (QED) is 0.798. The molecule has 0 spiro atoms. The number of hydrogen-bond donors (Lipinski definition) is 0. The predicted octanol–water partition coefficient (Wildman–Crippen LogP) is 0.730. The molecule has 96 valence electrons. The fourth-order valence-electron chi connectivity index (χ4n) is 2.46. The van der Waals surface area contributed by atoms with Crippen LogP contribution < -0.4 is 0 Å². The van der Waals surface area contributed by atoms with E-state index in [-0.39, 0.29) is 0 Å². The van der Waals surface area contributed by atoms with Gasteiger partial charge in [-0.3, -0.25) is 14.3 Å². The highest BCUT2D eigenvalue weighted by Gasteiger charge is 2.23. The monoisotopic (exact) mass is 246 g/mol. The van der Waals surface area contributed by atoms with Crippen LogP contribution in [-0.2, 0) is 6.54 Å². The third-order valence-corrected chi connectivity index (χ3v) is 3.47. The van der Waals surface area contributed by atoms with E-state index in [0.29, 0.717) is 6.04 Å². The molecule has 1 aliphatic rings. The lowest BCUT2D eigenvalue weighted by Crippen LogP contribution is -2.26. The normalized spacial score (nSPS) is 20.6. The second-order valence-corrected chi connectivity index (χ2v) is 4.91. The van der Waals surface area contributed by atoms with Crippen molar-refractivity contribution in [3.05, 3.63) is 30.4 Å². The van der Waals surface area contributed by atoms with Gasteiger partial charge in [-0.2, -0.15) is 5.10 Å². The van der Waals surface area contributed by atoms with Crippen molar-refractivity contribution in [1.29, 1.82) is 0 Å². The van der Waals surface area contributed by atoms with Crippen LogP contribution in [0.5, 0.6) is 0 Å². The summed E-state index contributed by atoms with van der Waals surface area (Å²) in [5.74, 6) is 0. The predicted molar refractivity (Wildman–Crippen MR) is 67.1 cm³/mol. The number of rotatable bonds is 4. The summed E-state index contributed by atoms with van der Waals surface area (Å²) in [6.07, 6.45) is 8.87. The minimum atomic E-state index is 0.523. The van der Waals surface area contributed by atoms with Crippen LogP contribution in [0.1, 0.15) is 18.0 Å². The van der Waals surface area contributed by atoms with Crippen molar-refractivity contribution in [3.8, 4) is 0 Å². The lowest BCUT2D eigenvalue weighted by molar-refractivity contribution is 0.298. The molecule has 0 radical (unpaired) electrons. The first-order valence-electron chi connectivity index (χ1n) is 6.38. The summed E-state index contributed by atoms with van der Waals surface area (Å²) in [4.78, 5) is 2.46. The van der Waals surface area contributed by atoms with Gasteiger partial charge in [-0.1, -0.05) is 5.21 Å². The highest BCUT2D eigenvalue weighted by atomic mass is 15.4. The summed E-state index contributed by atoms with van der Waals surface area (Å²) in [7, 11) is 0. The van der Waals surface area contributed by atoms with Crippen LogP contribution in [0.3, 0.4) is 0 Å². The largest absolute Gasteiger partial charge is 0.299 e. The van der Waals surface area contributed by atoms with Crippen LogP contribution in [0.15, 0.2) is 24.8 Å². The van der Waals surface area contributed by atoms with Crippen molar-refractivity contribution >= 4 is 0 Å². The molecule has 1 unspecified atom stereocenters. The smallest absolute Gasteiger partial charge is 0.0692 e. The molecule has 0 saturated carbocycles. The van der Waals surface area contributed by atoms with E-state index < -0.39 is 0 Å². The van der Waals surface area contributed by atoms with Gasteiger partial charge in [-0.05, 0) is 18.9 Å². The first kappa shape index (κ1) is 11.4. The fraction of sp³-hybridized carbons (Fsp3) is 0.583. The summed E-state index contributed by atoms with van der Waals surface area (Å²) in [5, 5.41) is 12.2. The Kier molecular flexibility index (Phi) is 3.10. The number of hydrogen-bond acceptors (Lipinski definition) is 4. The van der Waals surface area contributed by atoms with Crippen LogP contribution >= 0.6 is 0 Å². The molecular formula is C12H18N6. The molecule has 3 rings (SSSR count). The molecule has 1 aliphatic heterocycles. The topological polar surface area (TPSA) is 51.8 Å². The van der Waals surface area contributed by atoms with Gasteiger partial charge in [0.15, 0.2) is 0 Å². The molecule has 6 nitrogen and oxygen atoms in total. The van der Waals surface area contributed by atoms with Crippen molar-refractivity contribution in [1.82, 2.24) is 29.7 Å². The van der Waals surface area contributed by atoms with E-state index in [2.05, 4.69) is 38.1 Å². The molecule has 2 aromatic rings. The van der Waals surface area contributed by atoms with Gasteiger partial charge in [0.05, 0.1) is 25.0 Å². The van der Waals surface area contributed by atoms with Crippen LogP contribution in [0.2, 0.25) is 0 Å². The summed E-state index contributed by atoms with van der Waals surface area (Å²) >= 11 is 0. The van der Waals surface area contributed by atoms with Crippen LogP contribution in [-0.4, -0.2) is 49.3 Å². The van der Waals surface area contributed by atoms with E-state index in [4.69, 9.17) is 0 Å². The summed E-state index contributed by atoms with van der Waals surface area (Å²) in [5.41, 5.74) is 1.23. The van der Waals surface area contributed by atoms with Gasteiger partial charge < -0.3 is 0 Å². The first-order valence-corrected chi connectivity index (χ1v) is 6.38. The summed E-state index contributed by atoms with van der Waals surface area (Å²) < 4.78 is 3.98. The number of aryl methyl sites for hydroxylation is 1. The van der Waals surface area contributed by atoms with Crippen molar-refractivity contribution in [2.75, 3.05) is 19.6 Å². The van der Waals surface area contributed by atoms with Gasteiger partial charge in [-0.25, -0.2) is 0 Å². The molecule has 18 heavy (non-hydrogen) atoms. The molecule has 0 N–H and O–H groups in total. The van der Waals surface area contributed by atoms with Crippen LogP contribution in [0.25, 0.3) is 0 Å². The van der Waals surface area contributed by atoms with E-state index in [1.165, 1.54) is 12.0 Å². The van der Waals surface area contributed by atoms with E-state index in [1.807, 2.05) is 17.1 Å². The van der Waals surface area contributed by atoms with E-state index in [9.17, 15) is 0 Å². The van der Waals surface area contributed by atoms with E-state index >= 15 is 0 Å². The van der Waals surface area contributed by atoms with Crippen molar-refractivity contribution in [3.63, 3.8) is 0 Å². The Labute approximate surface area is 106 Å². The van der Waals surface area contributed by atoms with Crippen LogP contribution in [0.4, 0.5) is 0 Å². The standard InChI is InChI=1S/C12H18N6/c1-11-8-14-18(9-11)12-2-4-16(10-12)6-7-17-5-3-13-15-17/h3,5,8-9,12H,2,4,6-7,10H2,1H3. The third kappa shape index (κ3) is 2.43. The Morgan fingerprint density at radius 1 is 1.39 bits per heavy atom. The van der Waals surface area contributed by atoms with Crippen molar-refractivity contribution in [2.45, 2.75) is 25.9 Å². The zero-order chi connectivity index (χ0) is 12.4. The van der Waals surface area contributed by atoms with Crippen LogP contribution in [0, 0.1) is 6.92 Å². The molecule has 1 fully saturated rings. The number of likely N-dealkylation sites (tertiary alicyclic amines) is 1. The van der Waals surface area contributed by atoms with Gasteiger partial charge >= 0.3 is 0 Å². The molecule has 0 bridgehead atoms. The minimum Gasteiger partial charge on any atom is -0.299 e. The maximum absolute atomic E-state index is 4.40. The molecular weight excluding hydrogens is 228 g/mol. The van der Waals surface area contributed by atoms with Crippen molar-refractivity contribution in [2.24, 2.45) is 0 Å². The molecule has 2 aromatic heterocycles. The number of aromatic nitrogens is 5. The van der Waals surface area contributed by atoms with Gasteiger partial charge in [0.1, 0.15) is 0 Å². The van der Waals surface area contributed by atoms with Gasteiger partial charge in [0.2, 0.25) is 0 Å². The highest BCUT2D eigenvalue weighted by Crippen LogP contribution is 2.20. The maximum Gasteiger partial charge on any atom is 0.0692 e. The summed E-state index contributed by atoms with van der Waals surface area (Å²) in [6.45, 7) is 6.24. The third-order valence-electron chi connectivity index (χ3n) is 3.47. The molecule has 0 aliphatic carbocycles. The van der Waals surface area contributed by atoms with E-state index in [1.54, 1.807) is 6.20 Å². The molecule has 1 saturated heterocycles.